The summed E-state index contributed by atoms with van der Waals surface area (Å²) in [7, 11) is 0. The van der Waals surface area contributed by atoms with Gasteiger partial charge in [0.05, 0.1) is 30.9 Å². The minimum atomic E-state index is -4.47. The maximum Gasteiger partial charge on any atom is 0.414 e. The second kappa shape index (κ2) is 8.51. The summed E-state index contributed by atoms with van der Waals surface area (Å²) in [6.45, 7) is 3.22. The lowest BCUT2D eigenvalue weighted by Gasteiger charge is -2.40. The summed E-state index contributed by atoms with van der Waals surface area (Å²) in [5.74, 6) is 1.08. The van der Waals surface area contributed by atoms with Gasteiger partial charge in [0.2, 0.25) is 0 Å². The molecular formula is C24H22F3N5O2. The Hall–Kier alpha value is -3.82. The molecule has 2 aromatic heterocycles. The van der Waals surface area contributed by atoms with Crippen LogP contribution in [0.1, 0.15) is 22.3 Å². The van der Waals surface area contributed by atoms with Gasteiger partial charge in [-0.1, -0.05) is 12.1 Å². The smallest absolute Gasteiger partial charge is 0.414 e. The van der Waals surface area contributed by atoms with Crippen molar-refractivity contribution in [3.05, 3.63) is 71.7 Å². The third-order valence-electron chi connectivity index (χ3n) is 5.93. The summed E-state index contributed by atoms with van der Waals surface area (Å²) in [6, 6.07) is 10.0. The van der Waals surface area contributed by atoms with Crippen molar-refractivity contribution in [2.24, 2.45) is 4.99 Å². The number of aliphatic imine (C=N–C) groups is 1. The van der Waals surface area contributed by atoms with Crippen molar-refractivity contribution in [1.29, 1.82) is 0 Å². The molecule has 0 bridgehead atoms. The minimum Gasteiger partial charge on any atom is -0.486 e. The third-order valence-corrected chi connectivity index (χ3v) is 5.93. The van der Waals surface area contributed by atoms with Crippen molar-refractivity contribution in [2.45, 2.75) is 31.7 Å². The van der Waals surface area contributed by atoms with E-state index in [0.717, 1.165) is 23.2 Å². The third kappa shape index (κ3) is 4.35. The van der Waals surface area contributed by atoms with Crippen LogP contribution in [0.4, 0.5) is 19.0 Å². The summed E-state index contributed by atoms with van der Waals surface area (Å²) in [4.78, 5) is 22.9. The van der Waals surface area contributed by atoms with Crippen LogP contribution in [0.5, 0.6) is 5.75 Å². The largest absolute Gasteiger partial charge is 0.486 e. The highest BCUT2D eigenvalue weighted by Gasteiger charge is 2.36. The summed E-state index contributed by atoms with van der Waals surface area (Å²) >= 11 is 0. The van der Waals surface area contributed by atoms with Gasteiger partial charge < -0.3 is 15.0 Å². The number of alkyl halides is 3. The number of ether oxygens (including phenoxy) is 1. The van der Waals surface area contributed by atoms with Gasteiger partial charge in [-0.05, 0) is 36.8 Å². The molecule has 176 valence electrons. The highest BCUT2D eigenvalue weighted by atomic mass is 19.4. The fourth-order valence-corrected chi connectivity index (χ4v) is 4.01. The van der Waals surface area contributed by atoms with Crippen molar-refractivity contribution in [3.8, 4) is 5.75 Å². The van der Waals surface area contributed by atoms with E-state index in [2.05, 4.69) is 20.2 Å². The number of carbonyl (C=O) groups is 1. The summed E-state index contributed by atoms with van der Waals surface area (Å²) in [5, 5.41) is 2.61. The van der Waals surface area contributed by atoms with Gasteiger partial charge in [-0.3, -0.25) is 14.2 Å². The van der Waals surface area contributed by atoms with Gasteiger partial charge in [-0.2, -0.15) is 13.2 Å². The van der Waals surface area contributed by atoms with Crippen LogP contribution in [0.15, 0.2) is 65.6 Å². The molecule has 2 aliphatic rings. The molecule has 7 nitrogen and oxygen atoms in total. The predicted molar refractivity (Wildman–Crippen MR) is 122 cm³/mol. The van der Waals surface area contributed by atoms with Crippen molar-refractivity contribution < 1.29 is 22.7 Å². The van der Waals surface area contributed by atoms with Crippen molar-refractivity contribution in [3.63, 3.8) is 0 Å². The number of hydrogen-bond acceptors (Lipinski definition) is 5. The van der Waals surface area contributed by atoms with Crippen LogP contribution in [-0.2, 0) is 0 Å². The lowest BCUT2D eigenvalue weighted by Crippen LogP contribution is -2.54. The average Bonchev–Trinajstić information content (AvgIpc) is 3.20. The van der Waals surface area contributed by atoms with Crippen LogP contribution in [0.3, 0.4) is 0 Å². The molecule has 1 fully saturated rings. The number of benzene rings is 1. The fourth-order valence-electron chi connectivity index (χ4n) is 4.01. The number of aromatic nitrogens is 2. The fraction of sp³-hybridized carbons (Fsp3) is 0.292. The van der Waals surface area contributed by atoms with E-state index < -0.39 is 23.7 Å². The number of fused-ring (bicyclic) bond motifs is 1. The average molecular weight is 469 g/mol. The van der Waals surface area contributed by atoms with Crippen LogP contribution in [0.2, 0.25) is 0 Å². The molecular weight excluding hydrogens is 447 g/mol. The number of imidazole rings is 1. The first-order valence-corrected chi connectivity index (χ1v) is 10.8. The Morgan fingerprint density at radius 1 is 1.21 bits per heavy atom. The Kier molecular flexibility index (Phi) is 5.51. The van der Waals surface area contributed by atoms with Gasteiger partial charge in [0, 0.05) is 30.6 Å². The van der Waals surface area contributed by atoms with Crippen LogP contribution in [0, 0.1) is 6.92 Å². The number of hydrogen-bond donors (Lipinski definition) is 1. The second-order valence-electron chi connectivity index (χ2n) is 8.40. The Morgan fingerprint density at radius 2 is 2.03 bits per heavy atom. The second-order valence-corrected chi connectivity index (χ2v) is 8.40. The number of nitrogens with one attached hydrogen (secondary N) is 1. The first kappa shape index (κ1) is 22.0. The molecule has 0 spiro atoms. The number of aryl methyl sites for hydroxylation is 1. The van der Waals surface area contributed by atoms with Crippen LogP contribution in [-0.4, -0.2) is 52.9 Å². The van der Waals surface area contributed by atoms with E-state index in [1.165, 1.54) is 6.21 Å². The molecule has 1 saturated heterocycles. The topological polar surface area (TPSA) is 71.2 Å². The molecule has 1 N–H and O–H groups in total. The normalized spacial score (nSPS) is 18.5. The zero-order valence-electron chi connectivity index (χ0n) is 18.3. The SMILES string of the molecule is Cc1ccc(C(=O)NC2C=NC=C(C(F)(F)F)C2)cc1OC1CN(c2cnc3ccccn23)C1. The van der Waals surface area contributed by atoms with E-state index in [1.807, 2.05) is 41.9 Å². The molecule has 10 heteroatoms. The van der Waals surface area contributed by atoms with Crippen molar-refractivity contribution in [1.82, 2.24) is 14.7 Å². The molecule has 4 heterocycles. The predicted octanol–water partition coefficient (Wildman–Crippen LogP) is 3.93. The summed E-state index contributed by atoms with van der Waals surface area (Å²) in [5.41, 5.74) is 1.28. The van der Waals surface area contributed by atoms with E-state index >= 15 is 0 Å². The Bertz CT molecular complexity index is 1290. The van der Waals surface area contributed by atoms with Gasteiger partial charge in [0.1, 0.15) is 23.3 Å². The molecule has 1 aromatic carbocycles. The first-order chi connectivity index (χ1) is 16.3. The number of halogens is 3. The monoisotopic (exact) mass is 469 g/mol. The number of anilines is 1. The van der Waals surface area contributed by atoms with Crippen molar-refractivity contribution in [2.75, 3.05) is 18.0 Å². The lowest BCUT2D eigenvalue weighted by atomic mass is 10.0. The van der Waals surface area contributed by atoms with Crippen LogP contribution >= 0.6 is 0 Å². The summed E-state index contributed by atoms with van der Waals surface area (Å²) in [6.07, 6.45) is 1.01. The zero-order valence-corrected chi connectivity index (χ0v) is 18.3. The number of carbonyl (C=O) groups excluding carboxylic acids is 1. The van der Waals surface area contributed by atoms with Crippen LogP contribution < -0.4 is 15.0 Å². The molecule has 1 amide bonds. The molecule has 5 rings (SSSR count). The van der Waals surface area contributed by atoms with Crippen molar-refractivity contribution >= 4 is 23.6 Å². The molecule has 0 aliphatic carbocycles. The number of pyridine rings is 1. The maximum atomic E-state index is 12.9. The van der Waals surface area contributed by atoms with E-state index in [-0.39, 0.29) is 12.5 Å². The minimum absolute atomic E-state index is 0.0590. The van der Waals surface area contributed by atoms with E-state index in [9.17, 15) is 18.0 Å². The highest BCUT2D eigenvalue weighted by Crippen LogP contribution is 2.31. The zero-order chi connectivity index (χ0) is 23.9. The molecule has 0 radical (unpaired) electrons. The molecule has 1 atom stereocenters. The van der Waals surface area contributed by atoms with Gasteiger partial charge in [-0.25, -0.2) is 4.98 Å². The number of amides is 1. The number of rotatable bonds is 5. The van der Waals surface area contributed by atoms with E-state index in [1.54, 1.807) is 18.2 Å². The number of nitrogens with zero attached hydrogens (tertiary/aromatic N) is 4. The Labute approximate surface area is 193 Å². The molecule has 2 aliphatic heterocycles. The lowest BCUT2D eigenvalue weighted by molar-refractivity contribution is -0.0946. The molecule has 34 heavy (non-hydrogen) atoms. The van der Waals surface area contributed by atoms with E-state index in [0.29, 0.717) is 24.4 Å². The molecule has 0 saturated carbocycles. The highest BCUT2D eigenvalue weighted by molar-refractivity contribution is 5.96. The first-order valence-electron chi connectivity index (χ1n) is 10.8. The molecule has 1 unspecified atom stereocenters. The van der Waals surface area contributed by atoms with Gasteiger partial charge in [0.15, 0.2) is 0 Å². The van der Waals surface area contributed by atoms with Gasteiger partial charge >= 0.3 is 6.18 Å². The standard InChI is InChI=1S/C24H22F3N5O2/c1-15-5-6-16(23(33)30-18-9-17(10-28-11-18)24(25,26)27)8-20(15)34-19-13-31(14-19)22-12-29-21-4-2-3-7-32(21)22/h2-8,10-12,18-19H,9,13-14H2,1H3,(H,30,33). The van der Waals surface area contributed by atoms with E-state index in [4.69, 9.17) is 4.74 Å². The van der Waals surface area contributed by atoms with Gasteiger partial charge in [-0.15, -0.1) is 0 Å². The van der Waals surface area contributed by atoms with Gasteiger partial charge in [0.25, 0.3) is 5.91 Å². The van der Waals surface area contributed by atoms with Crippen LogP contribution in [0.25, 0.3) is 5.65 Å². The Balaban J connectivity index is 1.21. The summed E-state index contributed by atoms with van der Waals surface area (Å²) < 4.78 is 47.0. The maximum absolute atomic E-state index is 12.9. The Morgan fingerprint density at radius 3 is 2.82 bits per heavy atom. The molecule has 3 aromatic rings. The quantitative estimate of drug-likeness (QED) is 0.615.